The summed E-state index contributed by atoms with van der Waals surface area (Å²) in [5.41, 5.74) is -1.03. The van der Waals surface area contributed by atoms with Gasteiger partial charge in [0.25, 0.3) is 0 Å². The summed E-state index contributed by atoms with van der Waals surface area (Å²) in [6.07, 6.45) is -2.19. The van der Waals surface area contributed by atoms with Crippen molar-refractivity contribution in [2.75, 3.05) is 0 Å². The van der Waals surface area contributed by atoms with Gasteiger partial charge in [0.15, 0.2) is 0 Å². The third-order valence-electron chi connectivity index (χ3n) is 2.58. The molecule has 0 amide bonds. The number of nitrogens with one attached hydrogen (secondary N) is 1. The molecule has 2 N–H and O–H groups in total. The van der Waals surface area contributed by atoms with Crippen molar-refractivity contribution in [2.45, 2.75) is 12.6 Å². The summed E-state index contributed by atoms with van der Waals surface area (Å²) >= 11 is 0. The Hall–Kier alpha value is -2.25. The highest BCUT2D eigenvalue weighted by Gasteiger charge is 2.38. The minimum absolute atomic E-state index is 0.00956. The van der Waals surface area contributed by atoms with Gasteiger partial charge in [-0.2, -0.15) is 18.3 Å². The number of H-pyrrole nitrogens is 1. The van der Waals surface area contributed by atoms with Crippen molar-refractivity contribution in [2.24, 2.45) is 7.05 Å². The van der Waals surface area contributed by atoms with Crippen LogP contribution in [-0.4, -0.2) is 25.8 Å². The molecule has 8 heteroatoms. The number of aromatic amines is 1. The van der Waals surface area contributed by atoms with Gasteiger partial charge in [-0.05, 0) is 6.07 Å². The van der Waals surface area contributed by atoms with Crippen molar-refractivity contribution in [1.29, 1.82) is 0 Å². The fraction of sp³-hybridized carbons (Fsp3) is 0.273. The molecule has 0 spiro atoms. The zero-order valence-corrected chi connectivity index (χ0v) is 9.82. The summed E-state index contributed by atoms with van der Waals surface area (Å²) < 4.78 is 39.9. The molecule has 2 aromatic rings. The van der Waals surface area contributed by atoms with Crippen LogP contribution in [0.3, 0.4) is 0 Å². The van der Waals surface area contributed by atoms with E-state index < -0.39 is 24.3 Å². The lowest BCUT2D eigenvalue weighted by Crippen LogP contribution is -2.12. The summed E-state index contributed by atoms with van der Waals surface area (Å²) in [5, 5.41) is 14.2. The monoisotopic (exact) mass is 273 g/mol. The second-order valence-electron chi connectivity index (χ2n) is 4.06. The average molecular weight is 273 g/mol. The molecule has 0 atom stereocenters. The molecule has 0 bridgehead atoms. The van der Waals surface area contributed by atoms with E-state index in [1.54, 1.807) is 30.1 Å². The molecule has 0 aliphatic heterocycles. The van der Waals surface area contributed by atoms with Gasteiger partial charge in [-0.1, -0.05) is 0 Å². The number of carboxylic acids is 1. The molecule has 2 heterocycles. The van der Waals surface area contributed by atoms with Crippen LogP contribution in [0.2, 0.25) is 0 Å². The largest absolute Gasteiger partial charge is 0.481 e. The number of aromatic nitrogens is 3. The number of hydrogen-bond acceptors (Lipinski definition) is 2. The van der Waals surface area contributed by atoms with E-state index in [0.29, 0.717) is 5.56 Å². The van der Waals surface area contributed by atoms with E-state index in [4.69, 9.17) is 5.11 Å². The fourth-order valence-electron chi connectivity index (χ4n) is 1.81. The number of halogens is 3. The van der Waals surface area contributed by atoms with Gasteiger partial charge in [0, 0.05) is 30.6 Å². The van der Waals surface area contributed by atoms with Gasteiger partial charge in [0.05, 0.1) is 12.1 Å². The Morgan fingerprint density at radius 2 is 2.21 bits per heavy atom. The Kier molecular flexibility index (Phi) is 3.09. The standard InChI is InChI=1S/C11H10F3N3O2/c1-17-3-2-6(5-17)9-7(4-8(18)19)10(16-15-9)11(12,13)14/h2-3,5H,4H2,1H3,(H,15,16)(H,18,19). The third-order valence-corrected chi connectivity index (χ3v) is 2.58. The number of nitrogens with zero attached hydrogens (tertiary/aromatic N) is 2. The quantitative estimate of drug-likeness (QED) is 0.899. The predicted molar refractivity (Wildman–Crippen MR) is 59.3 cm³/mol. The Labute approximate surface area is 105 Å². The van der Waals surface area contributed by atoms with Crippen LogP contribution in [0, 0.1) is 0 Å². The van der Waals surface area contributed by atoms with Crippen LogP contribution in [0.4, 0.5) is 13.2 Å². The van der Waals surface area contributed by atoms with Gasteiger partial charge in [-0.25, -0.2) is 0 Å². The first kappa shape index (κ1) is 13.2. The minimum atomic E-state index is -4.66. The SMILES string of the molecule is Cn1ccc(-c2n[nH]c(C(F)(F)F)c2CC(=O)O)c1. The molecule has 0 saturated carbocycles. The summed E-state index contributed by atoms with van der Waals surface area (Å²) in [4.78, 5) is 10.7. The molecule has 0 radical (unpaired) electrons. The third kappa shape index (κ3) is 2.61. The van der Waals surface area contributed by atoms with Crippen LogP contribution in [0.1, 0.15) is 11.3 Å². The van der Waals surface area contributed by atoms with Crippen LogP contribution >= 0.6 is 0 Å². The predicted octanol–water partition coefficient (Wildman–Crippen LogP) is 2.06. The Morgan fingerprint density at radius 3 is 2.68 bits per heavy atom. The lowest BCUT2D eigenvalue weighted by atomic mass is 10.1. The van der Waals surface area contributed by atoms with Crippen molar-refractivity contribution >= 4 is 5.97 Å². The molecular formula is C11H10F3N3O2. The lowest BCUT2D eigenvalue weighted by Gasteiger charge is -2.06. The molecule has 0 saturated heterocycles. The lowest BCUT2D eigenvalue weighted by molar-refractivity contribution is -0.142. The molecule has 102 valence electrons. The summed E-state index contributed by atoms with van der Waals surface area (Å²) in [5.74, 6) is -1.34. The molecule has 0 aromatic carbocycles. The van der Waals surface area contributed by atoms with Crippen molar-refractivity contribution in [1.82, 2.24) is 14.8 Å². The molecule has 2 rings (SSSR count). The zero-order valence-electron chi connectivity index (χ0n) is 9.82. The number of rotatable bonds is 3. The Balaban J connectivity index is 2.55. The number of alkyl halides is 3. The van der Waals surface area contributed by atoms with Gasteiger partial charge in [-0.15, -0.1) is 0 Å². The summed E-state index contributed by atoms with van der Waals surface area (Å²) in [7, 11) is 1.71. The van der Waals surface area contributed by atoms with E-state index in [2.05, 4.69) is 5.10 Å². The molecule has 0 aliphatic rings. The number of hydrogen-bond donors (Lipinski definition) is 2. The summed E-state index contributed by atoms with van der Waals surface area (Å²) in [6, 6.07) is 1.57. The maximum absolute atomic E-state index is 12.8. The van der Waals surface area contributed by atoms with Crippen LogP contribution in [0.25, 0.3) is 11.3 Å². The molecule has 2 aromatic heterocycles. The second-order valence-corrected chi connectivity index (χ2v) is 4.06. The van der Waals surface area contributed by atoms with Crippen LogP contribution in [0.5, 0.6) is 0 Å². The number of aliphatic carboxylic acids is 1. The Bertz CT molecular complexity index is 613. The Morgan fingerprint density at radius 1 is 1.53 bits per heavy atom. The van der Waals surface area contributed by atoms with E-state index in [1.807, 2.05) is 5.10 Å². The van der Waals surface area contributed by atoms with E-state index in [1.165, 1.54) is 0 Å². The van der Waals surface area contributed by atoms with E-state index in [-0.39, 0.29) is 11.3 Å². The maximum Gasteiger partial charge on any atom is 0.433 e. The van der Waals surface area contributed by atoms with Gasteiger partial charge in [0.1, 0.15) is 5.69 Å². The number of carbonyl (C=O) groups is 1. The van der Waals surface area contributed by atoms with E-state index in [9.17, 15) is 18.0 Å². The van der Waals surface area contributed by atoms with Gasteiger partial charge in [0.2, 0.25) is 0 Å². The van der Waals surface area contributed by atoms with E-state index >= 15 is 0 Å². The zero-order chi connectivity index (χ0) is 14.2. The molecule has 5 nitrogen and oxygen atoms in total. The van der Waals surface area contributed by atoms with Crippen LogP contribution in [-0.2, 0) is 24.4 Å². The van der Waals surface area contributed by atoms with Crippen molar-refractivity contribution in [3.8, 4) is 11.3 Å². The van der Waals surface area contributed by atoms with Crippen LogP contribution < -0.4 is 0 Å². The van der Waals surface area contributed by atoms with Crippen LogP contribution in [0.15, 0.2) is 18.5 Å². The van der Waals surface area contributed by atoms with Gasteiger partial charge >= 0.3 is 12.1 Å². The smallest absolute Gasteiger partial charge is 0.433 e. The average Bonchev–Trinajstić information content (AvgIpc) is 2.82. The van der Waals surface area contributed by atoms with Crippen molar-refractivity contribution in [3.63, 3.8) is 0 Å². The van der Waals surface area contributed by atoms with Gasteiger partial charge in [-0.3, -0.25) is 9.89 Å². The maximum atomic E-state index is 12.8. The first-order chi connectivity index (χ1) is 8.79. The van der Waals surface area contributed by atoms with Crippen molar-refractivity contribution in [3.05, 3.63) is 29.7 Å². The first-order valence-corrected chi connectivity index (χ1v) is 5.27. The highest BCUT2D eigenvalue weighted by atomic mass is 19.4. The fourth-order valence-corrected chi connectivity index (χ4v) is 1.81. The molecular weight excluding hydrogens is 263 g/mol. The topological polar surface area (TPSA) is 70.9 Å². The van der Waals surface area contributed by atoms with Crippen molar-refractivity contribution < 1.29 is 23.1 Å². The number of aryl methyl sites for hydroxylation is 1. The molecule has 19 heavy (non-hydrogen) atoms. The molecule has 0 aliphatic carbocycles. The first-order valence-electron chi connectivity index (χ1n) is 5.27. The summed E-state index contributed by atoms with van der Waals surface area (Å²) in [6.45, 7) is 0. The second kappa shape index (κ2) is 4.45. The van der Waals surface area contributed by atoms with Gasteiger partial charge < -0.3 is 9.67 Å². The molecule has 0 unspecified atom stereocenters. The normalized spacial score (nSPS) is 11.8. The highest BCUT2D eigenvalue weighted by molar-refractivity contribution is 5.75. The molecule has 0 fully saturated rings. The highest BCUT2D eigenvalue weighted by Crippen LogP contribution is 2.35. The minimum Gasteiger partial charge on any atom is -0.481 e. The number of carboxylic acid groups (broad SMARTS) is 1. The van der Waals surface area contributed by atoms with E-state index in [0.717, 1.165) is 0 Å².